The molecule has 5 aromatic carbocycles. The second-order valence-electron chi connectivity index (χ2n) is 10.4. The zero-order valence-electron chi connectivity index (χ0n) is 21.1. The van der Waals surface area contributed by atoms with Crippen LogP contribution in [0.15, 0.2) is 118 Å². The fraction of sp³-hybridized carbons (Fsp3) is 0.0556. The topological polar surface area (TPSA) is 31.2 Å². The van der Waals surface area contributed by atoms with E-state index < -0.39 is 0 Å². The summed E-state index contributed by atoms with van der Waals surface area (Å²) in [7, 11) is 0. The van der Waals surface area contributed by atoms with Gasteiger partial charge >= 0.3 is 0 Å². The highest BCUT2D eigenvalue weighted by atomic mass is 16.3. The Bertz CT molecular complexity index is 2340. The first-order valence-electron chi connectivity index (χ1n) is 13.5. The summed E-state index contributed by atoms with van der Waals surface area (Å²) < 4.78 is 15.4. The van der Waals surface area contributed by atoms with Gasteiger partial charge in [-0.25, -0.2) is 0 Å². The predicted octanol–water partition coefficient (Wildman–Crippen LogP) is 8.20. The van der Waals surface area contributed by atoms with Crippen LogP contribution >= 0.6 is 0 Å². The van der Waals surface area contributed by atoms with Crippen LogP contribution in [0.2, 0.25) is 0 Å². The van der Waals surface area contributed by atoms with Crippen LogP contribution in [0.3, 0.4) is 0 Å². The minimum Gasteiger partial charge on any atom is -0.456 e. The van der Waals surface area contributed by atoms with Gasteiger partial charge in [-0.15, -0.1) is 0 Å². The van der Waals surface area contributed by atoms with E-state index in [1.807, 2.05) is 6.07 Å². The molecule has 8 aromatic rings. The van der Waals surface area contributed by atoms with Gasteiger partial charge in [-0.3, -0.25) is 0 Å². The van der Waals surface area contributed by atoms with Crippen molar-refractivity contribution in [1.29, 1.82) is 0 Å². The van der Waals surface area contributed by atoms with Gasteiger partial charge in [-0.2, -0.15) is 0 Å². The molecule has 184 valence electrons. The molecule has 3 aromatic heterocycles. The summed E-state index contributed by atoms with van der Waals surface area (Å²) in [6.45, 7) is 0. The smallest absolute Gasteiger partial charge is 0.143 e. The molecule has 0 radical (unpaired) electrons. The van der Waals surface area contributed by atoms with Crippen LogP contribution in [0.1, 0.15) is 18.4 Å². The Balaban J connectivity index is 1.32. The lowest BCUT2D eigenvalue weighted by Crippen LogP contribution is -2.26. The lowest BCUT2D eigenvalue weighted by atomic mass is 9.95. The number of para-hydroxylation sites is 4. The lowest BCUT2D eigenvalue weighted by molar-refractivity contribution is 0.568. The van der Waals surface area contributed by atoms with E-state index in [1.54, 1.807) is 0 Å². The third kappa shape index (κ3) is 2.87. The van der Waals surface area contributed by atoms with Gasteiger partial charge in [0.1, 0.15) is 22.2 Å². The molecule has 0 aliphatic heterocycles. The van der Waals surface area contributed by atoms with Gasteiger partial charge in [-0.05, 0) is 49.2 Å². The Morgan fingerprint density at radius 1 is 0.564 bits per heavy atom. The van der Waals surface area contributed by atoms with E-state index >= 15 is 0 Å². The van der Waals surface area contributed by atoms with Crippen LogP contribution in [-0.4, -0.2) is 4.57 Å². The molecule has 39 heavy (non-hydrogen) atoms. The lowest BCUT2D eigenvalue weighted by Gasteiger charge is -2.09. The zero-order valence-corrected chi connectivity index (χ0v) is 21.1. The summed E-state index contributed by atoms with van der Waals surface area (Å²) in [6, 6.07) is 38.6. The quantitative estimate of drug-likeness (QED) is 0.239. The molecule has 3 heterocycles. The van der Waals surface area contributed by atoms with E-state index in [2.05, 4.69) is 114 Å². The summed E-state index contributed by atoms with van der Waals surface area (Å²) in [4.78, 5) is 0. The van der Waals surface area contributed by atoms with Gasteiger partial charge in [0.15, 0.2) is 0 Å². The van der Waals surface area contributed by atoms with E-state index in [0.717, 1.165) is 57.0 Å². The molecule has 0 bridgehead atoms. The van der Waals surface area contributed by atoms with Gasteiger partial charge < -0.3 is 13.4 Å². The molecular formula is C36H23NO2. The number of fused-ring (bicyclic) bond motifs is 9. The molecule has 1 aliphatic rings. The van der Waals surface area contributed by atoms with Crippen molar-refractivity contribution in [2.75, 3.05) is 0 Å². The monoisotopic (exact) mass is 501 g/mol. The van der Waals surface area contributed by atoms with Crippen molar-refractivity contribution in [2.45, 2.75) is 12.8 Å². The maximum Gasteiger partial charge on any atom is 0.143 e. The molecule has 9 rings (SSSR count). The predicted molar refractivity (Wildman–Crippen MR) is 160 cm³/mol. The van der Waals surface area contributed by atoms with Crippen LogP contribution in [0.4, 0.5) is 0 Å². The van der Waals surface area contributed by atoms with E-state index in [0.29, 0.717) is 0 Å². The highest BCUT2D eigenvalue weighted by molar-refractivity contribution is 6.11. The largest absolute Gasteiger partial charge is 0.456 e. The Hall–Kier alpha value is -5.02. The average Bonchev–Trinajstić information content (AvgIpc) is 3.66. The SMILES string of the molecule is C1=c2c(oc3ccccc23)=C(c2cccc3c2oc2ccc(-n4c5ccccc5c5ccccc54)cc23)CC1. The van der Waals surface area contributed by atoms with Crippen LogP contribution in [-0.2, 0) is 0 Å². The number of hydrogen-bond donors (Lipinski definition) is 0. The molecule has 0 unspecified atom stereocenters. The van der Waals surface area contributed by atoms with E-state index in [1.165, 1.54) is 38.0 Å². The third-order valence-corrected chi connectivity index (χ3v) is 8.29. The van der Waals surface area contributed by atoms with E-state index in [4.69, 9.17) is 8.83 Å². The summed E-state index contributed by atoms with van der Waals surface area (Å²) in [5.41, 5.74) is 9.62. The van der Waals surface area contributed by atoms with Gasteiger partial charge in [-0.1, -0.05) is 78.9 Å². The Kier molecular flexibility index (Phi) is 4.17. The van der Waals surface area contributed by atoms with Crippen LogP contribution in [0, 0.1) is 0 Å². The van der Waals surface area contributed by atoms with Crippen LogP contribution in [0.25, 0.3) is 72.1 Å². The molecule has 0 atom stereocenters. The van der Waals surface area contributed by atoms with Crippen molar-refractivity contribution in [1.82, 2.24) is 4.57 Å². The summed E-state index contributed by atoms with van der Waals surface area (Å²) in [6.07, 6.45) is 4.22. The molecular weight excluding hydrogens is 478 g/mol. The molecule has 0 amide bonds. The van der Waals surface area contributed by atoms with Gasteiger partial charge in [0.05, 0.1) is 11.0 Å². The minimum atomic E-state index is 0.898. The molecule has 1 aliphatic carbocycles. The van der Waals surface area contributed by atoms with Crippen molar-refractivity contribution in [2.24, 2.45) is 0 Å². The molecule has 0 fully saturated rings. The van der Waals surface area contributed by atoms with Gasteiger partial charge in [0.25, 0.3) is 0 Å². The van der Waals surface area contributed by atoms with Crippen molar-refractivity contribution < 1.29 is 8.83 Å². The first kappa shape index (κ1) is 21.0. The summed E-state index contributed by atoms with van der Waals surface area (Å²) >= 11 is 0. The second-order valence-corrected chi connectivity index (χ2v) is 10.4. The summed E-state index contributed by atoms with van der Waals surface area (Å²) in [5, 5.41) is 7.16. The van der Waals surface area contributed by atoms with Crippen molar-refractivity contribution >= 4 is 66.4 Å². The second kappa shape index (κ2) is 7.75. The fourth-order valence-corrected chi connectivity index (χ4v) is 6.59. The Labute approximate surface area is 223 Å². The maximum atomic E-state index is 6.59. The standard InChI is InChI=1S/C36H23NO2/c1-4-16-31-23(9-1)24-10-2-5-17-32(24)37(31)22-19-20-34-30(21-22)29-15-8-14-28(36(29)39-34)27-13-7-12-26-25-11-3-6-18-33(25)38-35(26)27/h1-6,8-12,14-21H,7,13H2. The number of benzene rings is 5. The van der Waals surface area contributed by atoms with E-state index in [-0.39, 0.29) is 0 Å². The maximum absolute atomic E-state index is 6.59. The highest BCUT2D eigenvalue weighted by Gasteiger charge is 2.19. The molecule has 3 heteroatoms. The van der Waals surface area contributed by atoms with Gasteiger partial charge in [0, 0.05) is 49.0 Å². The first-order valence-corrected chi connectivity index (χ1v) is 13.5. The van der Waals surface area contributed by atoms with Crippen LogP contribution in [0.5, 0.6) is 0 Å². The third-order valence-electron chi connectivity index (χ3n) is 8.29. The first-order chi connectivity index (χ1) is 19.3. The number of aromatic nitrogens is 1. The number of rotatable bonds is 2. The Morgan fingerprint density at radius 2 is 1.26 bits per heavy atom. The molecule has 0 spiro atoms. The molecule has 3 nitrogen and oxygen atoms in total. The molecule has 0 saturated heterocycles. The van der Waals surface area contributed by atoms with E-state index in [9.17, 15) is 0 Å². The average molecular weight is 502 g/mol. The number of hydrogen-bond acceptors (Lipinski definition) is 2. The van der Waals surface area contributed by atoms with Crippen molar-refractivity contribution in [3.63, 3.8) is 0 Å². The van der Waals surface area contributed by atoms with Crippen LogP contribution < -0.4 is 10.6 Å². The summed E-state index contributed by atoms with van der Waals surface area (Å²) in [5.74, 6) is 0. The fourth-order valence-electron chi connectivity index (χ4n) is 6.59. The number of furan rings is 2. The molecule has 0 saturated carbocycles. The highest BCUT2D eigenvalue weighted by Crippen LogP contribution is 2.38. The molecule has 0 N–H and O–H groups in total. The van der Waals surface area contributed by atoms with Crippen molar-refractivity contribution in [3.8, 4) is 5.69 Å². The van der Waals surface area contributed by atoms with Gasteiger partial charge in [0.2, 0.25) is 0 Å². The minimum absolute atomic E-state index is 0.898. The normalized spacial score (nSPS) is 13.6. The number of nitrogens with zero attached hydrogens (tertiary/aromatic N) is 1. The van der Waals surface area contributed by atoms with Crippen molar-refractivity contribution in [3.05, 3.63) is 125 Å². The zero-order chi connectivity index (χ0) is 25.5. The Morgan fingerprint density at radius 3 is 2.08 bits per heavy atom.